The van der Waals surface area contributed by atoms with Crippen LogP contribution in [0.5, 0.6) is 0 Å². The fourth-order valence-electron chi connectivity index (χ4n) is 1.92. The van der Waals surface area contributed by atoms with Crippen LogP contribution in [0.1, 0.15) is 12.7 Å². The Hall–Kier alpha value is -1.82. The minimum Gasteiger partial charge on any atom is -0.337 e. The second-order valence-corrected chi connectivity index (χ2v) is 5.78. The lowest BCUT2D eigenvalue weighted by Crippen LogP contribution is -2.33. The molecule has 0 saturated heterocycles. The number of nitrogens with one attached hydrogen (secondary N) is 1. The maximum absolute atomic E-state index is 12.0. The molecule has 1 atom stereocenters. The molecule has 1 aromatic carbocycles. The summed E-state index contributed by atoms with van der Waals surface area (Å²) in [6.45, 7) is 2.16. The molecule has 1 N–H and O–H groups in total. The van der Waals surface area contributed by atoms with Gasteiger partial charge in [-0.25, -0.2) is 4.98 Å². The molecule has 1 amide bonds. The minimum atomic E-state index is -0.177. The highest BCUT2D eigenvalue weighted by Crippen LogP contribution is 2.11. The number of aromatic amines is 1. The molecule has 2 rings (SSSR count). The molecule has 0 aliphatic heterocycles. The van der Waals surface area contributed by atoms with Gasteiger partial charge in [0.25, 0.3) is 5.56 Å². The molecule has 5 nitrogen and oxygen atoms in total. The van der Waals surface area contributed by atoms with Gasteiger partial charge in [-0.1, -0.05) is 12.1 Å². The first kappa shape index (κ1) is 14.6. The molecule has 0 spiro atoms. The van der Waals surface area contributed by atoms with Crippen LogP contribution in [0, 0.1) is 0 Å². The van der Waals surface area contributed by atoms with E-state index in [-0.39, 0.29) is 16.7 Å². The second kappa shape index (κ2) is 6.09. The number of carbonyl (C=O) groups excluding carboxylic acids is 1. The van der Waals surface area contributed by atoms with E-state index in [2.05, 4.69) is 9.97 Å². The maximum atomic E-state index is 12.0. The van der Waals surface area contributed by atoms with Gasteiger partial charge in [0.2, 0.25) is 5.91 Å². The monoisotopic (exact) mass is 291 g/mol. The lowest BCUT2D eigenvalue weighted by atomic mass is 10.2. The number of hydrogen-bond donors (Lipinski definition) is 1. The highest BCUT2D eigenvalue weighted by molar-refractivity contribution is 7.99. The number of rotatable bonds is 4. The fraction of sp³-hybridized carbons (Fsp3) is 0.357. The van der Waals surface area contributed by atoms with E-state index in [0.29, 0.717) is 23.3 Å². The lowest BCUT2D eigenvalue weighted by molar-refractivity contribution is -0.129. The third-order valence-corrected chi connectivity index (χ3v) is 4.04. The van der Waals surface area contributed by atoms with Crippen molar-refractivity contribution < 1.29 is 4.79 Å². The molecule has 1 unspecified atom stereocenters. The van der Waals surface area contributed by atoms with E-state index >= 15 is 0 Å². The Labute approximate surface area is 121 Å². The molecule has 0 aliphatic carbocycles. The van der Waals surface area contributed by atoms with Crippen LogP contribution in [0.3, 0.4) is 0 Å². The molecular formula is C14H17N3O2S. The molecule has 106 valence electrons. The van der Waals surface area contributed by atoms with Crippen molar-refractivity contribution in [1.29, 1.82) is 0 Å². The third kappa shape index (κ3) is 3.01. The van der Waals surface area contributed by atoms with Crippen molar-refractivity contribution in [2.75, 3.05) is 13.3 Å². The largest absolute Gasteiger partial charge is 0.337 e. The summed E-state index contributed by atoms with van der Waals surface area (Å²) in [6.07, 6.45) is 1.90. The van der Waals surface area contributed by atoms with Gasteiger partial charge in [-0.2, -0.15) is 11.8 Å². The summed E-state index contributed by atoms with van der Waals surface area (Å²) in [6, 6.07) is 7.16. The van der Waals surface area contributed by atoms with Crippen LogP contribution in [-0.2, 0) is 11.3 Å². The number of nitrogens with zero attached hydrogens (tertiary/aromatic N) is 2. The Morgan fingerprint density at radius 2 is 2.15 bits per heavy atom. The van der Waals surface area contributed by atoms with Crippen LogP contribution < -0.4 is 5.56 Å². The average molecular weight is 291 g/mol. The quantitative estimate of drug-likeness (QED) is 0.930. The van der Waals surface area contributed by atoms with Gasteiger partial charge in [0.05, 0.1) is 22.7 Å². The molecule has 2 aromatic rings. The summed E-state index contributed by atoms with van der Waals surface area (Å²) in [4.78, 5) is 32.6. The first-order chi connectivity index (χ1) is 9.52. The molecule has 1 aromatic heterocycles. The average Bonchev–Trinajstić information content (AvgIpc) is 2.45. The number of thioether (sulfide) groups is 1. The molecule has 20 heavy (non-hydrogen) atoms. The topological polar surface area (TPSA) is 66.1 Å². The van der Waals surface area contributed by atoms with E-state index in [1.807, 2.05) is 19.2 Å². The van der Waals surface area contributed by atoms with E-state index in [0.717, 1.165) is 0 Å². The van der Waals surface area contributed by atoms with Gasteiger partial charge in [0.1, 0.15) is 5.82 Å². The molecule has 0 aliphatic rings. The number of H-pyrrole nitrogens is 1. The zero-order chi connectivity index (χ0) is 14.7. The Bertz CT molecular complexity index is 683. The SMILES string of the molecule is CSC(C)C(=O)N(C)Cc1nc2ccccc2c(=O)[nH]1. The van der Waals surface area contributed by atoms with Crippen molar-refractivity contribution in [3.05, 3.63) is 40.4 Å². The van der Waals surface area contributed by atoms with Crippen LogP contribution in [0.2, 0.25) is 0 Å². The number of para-hydroxylation sites is 1. The predicted octanol–water partition coefficient (Wildman–Crippen LogP) is 1.63. The first-order valence-electron chi connectivity index (χ1n) is 6.28. The predicted molar refractivity (Wildman–Crippen MR) is 81.8 cm³/mol. The van der Waals surface area contributed by atoms with Crippen LogP contribution in [-0.4, -0.2) is 39.3 Å². The van der Waals surface area contributed by atoms with Crippen molar-refractivity contribution in [1.82, 2.24) is 14.9 Å². The maximum Gasteiger partial charge on any atom is 0.258 e. The standard InChI is InChI=1S/C14H17N3O2S/c1-9(20-3)14(19)17(2)8-12-15-11-7-5-4-6-10(11)13(18)16-12/h4-7,9H,8H2,1-3H3,(H,15,16,18). The van der Waals surface area contributed by atoms with Gasteiger partial charge in [-0.05, 0) is 25.3 Å². The highest BCUT2D eigenvalue weighted by atomic mass is 32.2. The molecule has 0 radical (unpaired) electrons. The van der Waals surface area contributed by atoms with E-state index in [4.69, 9.17) is 0 Å². The number of carbonyl (C=O) groups is 1. The molecule has 1 heterocycles. The molecule has 6 heteroatoms. The molecular weight excluding hydrogens is 274 g/mol. The summed E-state index contributed by atoms with van der Waals surface area (Å²) in [5.74, 6) is 0.520. The number of benzene rings is 1. The Kier molecular flexibility index (Phi) is 4.44. The van der Waals surface area contributed by atoms with Crippen LogP contribution in [0.4, 0.5) is 0 Å². The minimum absolute atomic E-state index is 0.0216. The summed E-state index contributed by atoms with van der Waals surface area (Å²) < 4.78 is 0. The zero-order valence-electron chi connectivity index (χ0n) is 11.7. The van der Waals surface area contributed by atoms with Gasteiger partial charge in [-0.15, -0.1) is 0 Å². The zero-order valence-corrected chi connectivity index (χ0v) is 12.5. The van der Waals surface area contributed by atoms with Crippen LogP contribution in [0.25, 0.3) is 10.9 Å². The van der Waals surface area contributed by atoms with Gasteiger partial charge in [-0.3, -0.25) is 9.59 Å². The Morgan fingerprint density at radius 1 is 1.45 bits per heavy atom. The van der Waals surface area contributed by atoms with Gasteiger partial charge < -0.3 is 9.88 Å². The van der Waals surface area contributed by atoms with Gasteiger partial charge >= 0.3 is 0 Å². The van der Waals surface area contributed by atoms with Crippen LogP contribution >= 0.6 is 11.8 Å². The highest BCUT2D eigenvalue weighted by Gasteiger charge is 2.17. The van der Waals surface area contributed by atoms with E-state index < -0.39 is 0 Å². The van der Waals surface area contributed by atoms with Crippen molar-refractivity contribution in [2.24, 2.45) is 0 Å². The number of hydrogen-bond acceptors (Lipinski definition) is 4. The fourth-order valence-corrected chi connectivity index (χ4v) is 2.31. The molecule has 0 saturated carbocycles. The van der Waals surface area contributed by atoms with Crippen molar-refractivity contribution in [2.45, 2.75) is 18.7 Å². The summed E-state index contributed by atoms with van der Waals surface area (Å²) in [5.41, 5.74) is 0.467. The normalized spacial score (nSPS) is 12.3. The first-order valence-corrected chi connectivity index (χ1v) is 7.57. The summed E-state index contributed by atoms with van der Waals surface area (Å²) in [7, 11) is 1.71. The van der Waals surface area contributed by atoms with Crippen LogP contribution in [0.15, 0.2) is 29.1 Å². The number of amides is 1. The lowest BCUT2D eigenvalue weighted by Gasteiger charge is -2.19. The molecule has 0 fully saturated rings. The summed E-state index contributed by atoms with van der Waals surface area (Å²) >= 11 is 1.49. The molecule has 0 bridgehead atoms. The Balaban J connectivity index is 2.26. The van der Waals surface area contributed by atoms with E-state index in [9.17, 15) is 9.59 Å². The van der Waals surface area contributed by atoms with Gasteiger partial charge in [0, 0.05) is 7.05 Å². The van der Waals surface area contributed by atoms with Crippen molar-refractivity contribution in [3.63, 3.8) is 0 Å². The number of aromatic nitrogens is 2. The Morgan fingerprint density at radius 3 is 2.85 bits per heavy atom. The summed E-state index contributed by atoms with van der Waals surface area (Å²) in [5, 5.41) is 0.454. The second-order valence-electron chi connectivity index (χ2n) is 4.60. The van der Waals surface area contributed by atoms with Crippen molar-refractivity contribution >= 4 is 28.6 Å². The smallest absolute Gasteiger partial charge is 0.258 e. The van der Waals surface area contributed by atoms with Gasteiger partial charge in [0.15, 0.2) is 0 Å². The van der Waals surface area contributed by atoms with E-state index in [1.165, 1.54) is 11.8 Å². The third-order valence-electron chi connectivity index (χ3n) is 3.13. The van der Waals surface area contributed by atoms with E-state index in [1.54, 1.807) is 30.1 Å². The van der Waals surface area contributed by atoms with Crippen molar-refractivity contribution in [3.8, 4) is 0 Å². The number of fused-ring (bicyclic) bond motifs is 1.